The van der Waals surface area contributed by atoms with Crippen LogP contribution in [0.5, 0.6) is 0 Å². The zero-order valence-electron chi connectivity index (χ0n) is 6.84. The molecular formula is C8H6F3NO2. The summed E-state index contributed by atoms with van der Waals surface area (Å²) in [5.74, 6) is -1.53. The highest BCUT2D eigenvalue weighted by molar-refractivity contribution is 5.87. The molecule has 1 atom stereocenters. The Hall–Kier alpha value is -1.40. The molecule has 0 saturated heterocycles. The van der Waals surface area contributed by atoms with Crippen molar-refractivity contribution in [3.05, 3.63) is 41.1 Å². The van der Waals surface area contributed by atoms with Crippen LogP contribution in [0.4, 0.5) is 13.2 Å². The van der Waals surface area contributed by atoms with E-state index >= 15 is 0 Å². The van der Waals surface area contributed by atoms with E-state index in [1.54, 1.807) is 0 Å². The highest BCUT2D eigenvalue weighted by Gasteiger charge is 2.42. The van der Waals surface area contributed by atoms with E-state index in [0.29, 0.717) is 0 Å². The predicted octanol–water partition coefficient (Wildman–Crippen LogP) is 0.729. The van der Waals surface area contributed by atoms with Crippen molar-refractivity contribution in [1.82, 2.24) is 0 Å². The van der Waals surface area contributed by atoms with Crippen molar-refractivity contribution in [2.24, 2.45) is 0 Å². The van der Waals surface area contributed by atoms with E-state index in [1.807, 2.05) is 0 Å². The lowest BCUT2D eigenvalue weighted by Gasteiger charge is -2.20. The molecule has 1 aromatic carbocycles. The van der Waals surface area contributed by atoms with Crippen LogP contribution in [0.1, 0.15) is 10.4 Å². The van der Waals surface area contributed by atoms with Gasteiger partial charge < -0.3 is 5.21 Å². The number of carbonyl (C=O) groups is 1. The van der Waals surface area contributed by atoms with Crippen molar-refractivity contribution in [3.63, 3.8) is 0 Å². The molecule has 3 nitrogen and oxygen atoms in total. The van der Waals surface area contributed by atoms with Gasteiger partial charge in [0, 0.05) is 0 Å². The van der Waals surface area contributed by atoms with Gasteiger partial charge >= 0.3 is 12.2 Å². The third-order valence-electron chi connectivity index (χ3n) is 1.50. The number of hydrogen-bond acceptors (Lipinski definition) is 2. The predicted molar refractivity (Wildman–Crippen MR) is 41.2 cm³/mol. The summed E-state index contributed by atoms with van der Waals surface area (Å²) < 4.78 is 35.4. The summed E-state index contributed by atoms with van der Waals surface area (Å²) in [6, 6.07) is 6.63. The SMILES string of the molecule is O=C(c1ccccc1)[NH+]([O-])C(F)(F)F. The Morgan fingerprint density at radius 2 is 1.71 bits per heavy atom. The Labute approximate surface area is 77.3 Å². The molecule has 0 aliphatic carbocycles. The molecule has 1 N–H and O–H groups in total. The van der Waals surface area contributed by atoms with E-state index < -0.39 is 17.3 Å². The van der Waals surface area contributed by atoms with Gasteiger partial charge in [-0.3, -0.25) is 0 Å². The van der Waals surface area contributed by atoms with Crippen LogP contribution in [-0.2, 0) is 0 Å². The molecule has 1 rings (SSSR count). The molecule has 1 aromatic rings. The molecule has 6 heteroatoms. The van der Waals surface area contributed by atoms with Gasteiger partial charge in [-0.05, 0) is 12.1 Å². The number of halogens is 3. The van der Waals surface area contributed by atoms with Gasteiger partial charge in [0.1, 0.15) is 0 Å². The lowest BCUT2D eigenvalue weighted by molar-refractivity contribution is -0.895. The first-order valence-corrected chi connectivity index (χ1v) is 3.64. The molecule has 14 heavy (non-hydrogen) atoms. The van der Waals surface area contributed by atoms with Crippen LogP contribution in [0.2, 0.25) is 0 Å². The first-order chi connectivity index (χ1) is 6.43. The Kier molecular flexibility index (Phi) is 2.87. The average molecular weight is 205 g/mol. The second-order valence-corrected chi connectivity index (χ2v) is 2.52. The summed E-state index contributed by atoms with van der Waals surface area (Å²) in [6.07, 6.45) is -5.10. The average Bonchev–Trinajstić information content (AvgIpc) is 2.15. The molecule has 0 saturated carbocycles. The number of carbonyl (C=O) groups excluding carboxylic acids is 1. The van der Waals surface area contributed by atoms with Crippen molar-refractivity contribution in [3.8, 4) is 0 Å². The number of quaternary nitrogens is 1. The van der Waals surface area contributed by atoms with Gasteiger partial charge in [-0.1, -0.05) is 18.2 Å². The maximum atomic E-state index is 11.8. The van der Waals surface area contributed by atoms with E-state index in [0.717, 1.165) is 12.1 Å². The lowest BCUT2D eigenvalue weighted by atomic mass is 10.2. The number of benzene rings is 1. The van der Waals surface area contributed by atoms with Crippen molar-refractivity contribution in [2.45, 2.75) is 6.30 Å². The maximum absolute atomic E-state index is 11.8. The van der Waals surface area contributed by atoms with E-state index in [2.05, 4.69) is 0 Å². The summed E-state index contributed by atoms with van der Waals surface area (Å²) in [6.45, 7) is 0. The number of alkyl halides is 3. The van der Waals surface area contributed by atoms with E-state index in [-0.39, 0.29) is 5.56 Å². The number of hydroxylamine groups is 2. The smallest absolute Gasteiger partial charge is 0.566 e. The monoisotopic (exact) mass is 205 g/mol. The summed E-state index contributed by atoms with van der Waals surface area (Å²) in [5, 5.41) is 8.15. The van der Waals surface area contributed by atoms with Gasteiger partial charge in [-0.2, -0.15) is 0 Å². The summed E-state index contributed by atoms with van der Waals surface area (Å²) in [4.78, 5) is 10.9. The van der Waals surface area contributed by atoms with Gasteiger partial charge in [-0.15, -0.1) is 13.2 Å². The molecule has 1 amide bonds. The first kappa shape index (κ1) is 10.7. The third kappa shape index (κ3) is 2.30. The van der Waals surface area contributed by atoms with Crippen LogP contribution in [0.15, 0.2) is 30.3 Å². The fourth-order valence-corrected chi connectivity index (χ4v) is 0.849. The Balaban J connectivity index is 2.87. The summed E-state index contributed by atoms with van der Waals surface area (Å²) in [7, 11) is 0. The first-order valence-electron chi connectivity index (χ1n) is 3.64. The van der Waals surface area contributed by atoms with Gasteiger partial charge in [0.25, 0.3) is 0 Å². The third-order valence-corrected chi connectivity index (χ3v) is 1.50. The zero-order valence-corrected chi connectivity index (χ0v) is 6.84. The van der Waals surface area contributed by atoms with Crippen LogP contribution in [0.3, 0.4) is 0 Å². The molecule has 0 fully saturated rings. The van der Waals surface area contributed by atoms with Gasteiger partial charge in [0.05, 0.1) is 5.56 Å². The van der Waals surface area contributed by atoms with Crippen LogP contribution in [0, 0.1) is 5.21 Å². The molecule has 0 bridgehead atoms. The Morgan fingerprint density at radius 3 is 2.14 bits per heavy atom. The second kappa shape index (κ2) is 3.77. The molecule has 0 aliphatic heterocycles. The minimum Gasteiger partial charge on any atom is -0.620 e. The van der Waals surface area contributed by atoms with Crippen LogP contribution in [-0.4, -0.2) is 12.2 Å². The van der Waals surface area contributed by atoms with Crippen molar-refractivity contribution in [1.29, 1.82) is 0 Å². The standard InChI is InChI=1S/C8H6F3NO2/c9-8(10,11)12(14)7(13)6-4-2-1-3-5-6/h1-5,12H. The highest BCUT2D eigenvalue weighted by atomic mass is 19.4. The Morgan fingerprint density at radius 1 is 1.21 bits per heavy atom. The second-order valence-electron chi connectivity index (χ2n) is 2.52. The maximum Gasteiger partial charge on any atom is 0.566 e. The minimum absolute atomic E-state index is 0.255. The summed E-state index contributed by atoms with van der Waals surface area (Å²) >= 11 is 0. The summed E-state index contributed by atoms with van der Waals surface area (Å²) in [5.41, 5.74) is -0.255. The molecule has 0 radical (unpaired) electrons. The molecule has 76 valence electrons. The van der Waals surface area contributed by atoms with Crippen molar-refractivity contribution in [2.75, 3.05) is 0 Å². The fourth-order valence-electron chi connectivity index (χ4n) is 0.849. The number of nitrogens with one attached hydrogen (secondary N) is 1. The fraction of sp³-hybridized carbons (Fsp3) is 0.125. The molecule has 0 aliphatic rings. The normalized spacial score (nSPS) is 13.7. The van der Waals surface area contributed by atoms with E-state index in [9.17, 15) is 23.2 Å². The Bertz CT molecular complexity index is 323. The van der Waals surface area contributed by atoms with E-state index in [1.165, 1.54) is 18.2 Å². The molecule has 0 heterocycles. The van der Waals surface area contributed by atoms with Crippen LogP contribution >= 0.6 is 0 Å². The zero-order chi connectivity index (χ0) is 10.8. The molecule has 1 unspecified atom stereocenters. The molecular weight excluding hydrogens is 199 g/mol. The van der Waals surface area contributed by atoms with Crippen molar-refractivity contribution >= 4 is 5.91 Å². The topological polar surface area (TPSA) is 44.6 Å². The largest absolute Gasteiger partial charge is 0.620 e. The highest BCUT2D eigenvalue weighted by Crippen LogP contribution is 2.05. The quantitative estimate of drug-likeness (QED) is 0.542. The number of amides is 1. The van der Waals surface area contributed by atoms with Crippen LogP contribution in [0.25, 0.3) is 0 Å². The van der Waals surface area contributed by atoms with Crippen LogP contribution < -0.4 is 5.06 Å². The van der Waals surface area contributed by atoms with Crippen molar-refractivity contribution < 1.29 is 23.0 Å². The van der Waals surface area contributed by atoms with Gasteiger partial charge in [0.15, 0.2) is 0 Å². The molecule has 0 spiro atoms. The number of rotatable bonds is 1. The van der Waals surface area contributed by atoms with Gasteiger partial charge in [-0.25, -0.2) is 9.86 Å². The van der Waals surface area contributed by atoms with E-state index in [4.69, 9.17) is 0 Å². The number of hydrogen-bond donors (Lipinski definition) is 1. The minimum atomic E-state index is -5.10. The van der Waals surface area contributed by atoms with Gasteiger partial charge in [0.2, 0.25) is 0 Å². The lowest BCUT2D eigenvalue weighted by Crippen LogP contribution is -3.16. The molecule has 0 aromatic heterocycles.